The fourth-order valence-electron chi connectivity index (χ4n) is 2.76. The lowest BCUT2D eigenvalue weighted by atomic mass is 9.80. The number of aromatic nitrogens is 1. The summed E-state index contributed by atoms with van der Waals surface area (Å²) >= 11 is 0. The van der Waals surface area contributed by atoms with Crippen LogP contribution in [0.5, 0.6) is 5.75 Å². The van der Waals surface area contributed by atoms with Gasteiger partial charge in [0.1, 0.15) is 12.4 Å². The van der Waals surface area contributed by atoms with Gasteiger partial charge >= 0.3 is 0 Å². The molecular formula is C22H25NO2. The number of hydrogen-bond acceptors (Lipinski definition) is 3. The lowest BCUT2D eigenvalue weighted by Crippen LogP contribution is -2.20. The van der Waals surface area contributed by atoms with Crippen molar-refractivity contribution in [2.24, 2.45) is 5.41 Å². The van der Waals surface area contributed by atoms with Crippen molar-refractivity contribution in [3.05, 3.63) is 71.9 Å². The van der Waals surface area contributed by atoms with Gasteiger partial charge in [0.2, 0.25) is 0 Å². The molecule has 0 aliphatic carbocycles. The van der Waals surface area contributed by atoms with Crippen molar-refractivity contribution in [2.45, 2.75) is 39.9 Å². The summed E-state index contributed by atoms with van der Waals surface area (Å²) in [4.78, 5) is 4.63. The van der Waals surface area contributed by atoms with Crippen LogP contribution in [-0.4, -0.2) is 10.1 Å². The Hall–Kier alpha value is -2.39. The van der Waals surface area contributed by atoms with Gasteiger partial charge in [-0.1, -0.05) is 57.2 Å². The van der Waals surface area contributed by atoms with E-state index >= 15 is 0 Å². The smallest absolute Gasteiger partial charge is 0.130 e. The highest BCUT2D eigenvalue weighted by molar-refractivity contribution is 5.78. The molecule has 0 amide bonds. The first-order valence-corrected chi connectivity index (χ1v) is 8.75. The molecule has 130 valence electrons. The maximum atomic E-state index is 10.6. The van der Waals surface area contributed by atoms with Crippen molar-refractivity contribution in [1.29, 1.82) is 0 Å². The zero-order valence-corrected chi connectivity index (χ0v) is 15.1. The minimum Gasteiger partial charge on any atom is -0.487 e. The molecule has 1 atom stereocenters. The van der Waals surface area contributed by atoms with Gasteiger partial charge in [-0.25, -0.2) is 4.98 Å². The lowest BCUT2D eigenvalue weighted by molar-refractivity contribution is 0.0463. The third kappa shape index (κ3) is 3.99. The number of fused-ring (bicyclic) bond motifs is 1. The molecule has 0 aliphatic heterocycles. The SMILES string of the molecule is CCC(C)(C)C(O)c1cccc(OCc2ccc3ccccc3n2)c1. The minimum atomic E-state index is -0.514. The fourth-order valence-corrected chi connectivity index (χ4v) is 2.76. The Bertz CT molecular complexity index is 857. The van der Waals surface area contributed by atoms with Gasteiger partial charge in [0, 0.05) is 5.39 Å². The molecule has 0 aliphatic rings. The average molecular weight is 335 g/mol. The number of benzene rings is 2. The summed E-state index contributed by atoms with van der Waals surface area (Å²) in [6, 6.07) is 19.8. The van der Waals surface area contributed by atoms with E-state index in [4.69, 9.17) is 4.74 Å². The molecule has 25 heavy (non-hydrogen) atoms. The molecule has 2 aromatic carbocycles. The van der Waals surface area contributed by atoms with E-state index in [9.17, 15) is 5.11 Å². The van der Waals surface area contributed by atoms with E-state index in [2.05, 4.69) is 31.8 Å². The van der Waals surface area contributed by atoms with E-state index in [0.717, 1.165) is 34.3 Å². The summed E-state index contributed by atoms with van der Waals surface area (Å²) in [5.74, 6) is 0.749. The first-order valence-electron chi connectivity index (χ1n) is 8.75. The van der Waals surface area contributed by atoms with Crippen LogP contribution in [0.25, 0.3) is 10.9 Å². The Morgan fingerprint density at radius 2 is 1.84 bits per heavy atom. The lowest BCUT2D eigenvalue weighted by Gasteiger charge is -2.29. The summed E-state index contributed by atoms with van der Waals surface area (Å²) in [5, 5.41) is 11.7. The third-order valence-corrected chi connectivity index (χ3v) is 4.87. The van der Waals surface area contributed by atoms with Crippen molar-refractivity contribution in [3.8, 4) is 5.75 Å². The molecule has 1 heterocycles. The average Bonchev–Trinajstić information content (AvgIpc) is 2.65. The van der Waals surface area contributed by atoms with Crippen LogP contribution in [0.3, 0.4) is 0 Å². The number of aliphatic hydroxyl groups excluding tert-OH is 1. The standard InChI is InChI=1S/C22H25NO2/c1-4-22(2,3)21(24)17-9-7-10-19(14-17)25-15-18-13-12-16-8-5-6-11-20(16)23-18/h5-14,21,24H,4,15H2,1-3H3. The molecule has 1 unspecified atom stereocenters. The number of rotatable bonds is 6. The third-order valence-electron chi connectivity index (χ3n) is 4.87. The van der Waals surface area contributed by atoms with Crippen molar-refractivity contribution < 1.29 is 9.84 Å². The molecule has 0 saturated heterocycles. The van der Waals surface area contributed by atoms with E-state index in [1.165, 1.54) is 0 Å². The van der Waals surface area contributed by atoms with Gasteiger partial charge in [0.15, 0.2) is 0 Å². The maximum Gasteiger partial charge on any atom is 0.130 e. The summed E-state index contributed by atoms with van der Waals surface area (Å²) in [6.07, 6.45) is 0.389. The topological polar surface area (TPSA) is 42.4 Å². The van der Waals surface area contributed by atoms with E-state index in [0.29, 0.717) is 6.61 Å². The van der Waals surface area contributed by atoms with Crippen molar-refractivity contribution in [2.75, 3.05) is 0 Å². The first-order chi connectivity index (χ1) is 12.0. The highest BCUT2D eigenvalue weighted by Crippen LogP contribution is 2.37. The predicted molar refractivity (Wildman–Crippen MR) is 102 cm³/mol. The zero-order valence-electron chi connectivity index (χ0n) is 15.1. The van der Waals surface area contributed by atoms with Crippen LogP contribution in [0, 0.1) is 5.41 Å². The Kier molecular flexibility index (Phi) is 5.05. The van der Waals surface area contributed by atoms with Crippen LogP contribution in [0.15, 0.2) is 60.7 Å². The van der Waals surface area contributed by atoms with Gasteiger partial charge in [-0.05, 0) is 41.7 Å². The molecule has 1 aromatic heterocycles. The molecule has 0 saturated carbocycles. The fraction of sp³-hybridized carbons (Fsp3) is 0.318. The highest BCUT2D eigenvalue weighted by Gasteiger charge is 2.27. The molecule has 3 nitrogen and oxygen atoms in total. The molecule has 0 bridgehead atoms. The summed E-state index contributed by atoms with van der Waals surface area (Å²) in [5.41, 5.74) is 2.57. The largest absolute Gasteiger partial charge is 0.487 e. The van der Waals surface area contributed by atoms with Crippen LogP contribution in [0.2, 0.25) is 0 Å². The normalized spacial score (nSPS) is 13.0. The van der Waals surface area contributed by atoms with Crippen molar-refractivity contribution in [3.63, 3.8) is 0 Å². The Morgan fingerprint density at radius 1 is 1.04 bits per heavy atom. The summed E-state index contributed by atoms with van der Waals surface area (Å²) < 4.78 is 5.90. The van der Waals surface area contributed by atoms with E-state index in [1.54, 1.807) is 0 Å². The zero-order chi connectivity index (χ0) is 17.9. The number of pyridine rings is 1. The molecule has 0 radical (unpaired) electrons. The van der Waals surface area contributed by atoms with Gasteiger partial charge in [-0.15, -0.1) is 0 Å². The highest BCUT2D eigenvalue weighted by atomic mass is 16.5. The molecule has 3 aromatic rings. The Labute approximate surface area is 149 Å². The summed E-state index contributed by atoms with van der Waals surface area (Å²) in [7, 11) is 0. The van der Waals surface area contributed by atoms with E-state index in [-0.39, 0.29) is 5.41 Å². The summed E-state index contributed by atoms with van der Waals surface area (Å²) in [6.45, 7) is 6.64. The number of aliphatic hydroxyl groups is 1. The number of nitrogens with zero attached hydrogens (tertiary/aromatic N) is 1. The molecule has 0 spiro atoms. The molecule has 3 rings (SSSR count). The van der Waals surface area contributed by atoms with Gasteiger partial charge in [-0.2, -0.15) is 0 Å². The monoisotopic (exact) mass is 335 g/mol. The second-order valence-electron chi connectivity index (χ2n) is 7.10. The minimum absolute atomic E-state index is 0.168. The number of hydrogen-bond donors (Lipinski definition) is 1. The van der Waals surface area contributed by atoms with Crippen LogP contribution in [0.1, 0.15) is 44.6 Å². The van der Waals surface area contributed by atoms with Crippen LogP contribution in [-0.2, 0) is 6.61 Å². The van der Waals surface area contributed by atoms with Gasteiger partial charge in [0.05, 0.1) is 17.3 Å². The molecule has 1 N–H and O–H groups in total. The Balaban J connectivity index is 1.73. The second kappa shape index (κ2) is 7.24. The first kappa shape index (κ1) is 17.4. The Morgan fingerprint density at radius 3 is 2.64 bits per heavy atom. The van der Waals surface area contributed by atoms with Crippen molar-refractivity contribution in [1.82, 2.24) is 4.98 Å². The van der Waals surface area contributed by atoms with Crippen LogP contribution < -0.4 is 4.74 Å². The second-order valence-corrected chi connectivity index (χ2v) is 7.10. The van der Waals surface area contributed by atoms with Gasteiger partial charge < -0.3 is 9.84 Å². The number of ether oxygens (including phenoxy) is 1. The van der Waals surface area contributed by atoms with Crippen LogP contribution >= 0.6 is 0 Å². The van der Waals surface area contributed by atoms with E-state index < -0.39 is 6.10 Å². The molecule has 3 heteroatoms. The predicted octanol–water partition coefficient (Wildman–Crippen LogP) is 5.28. The quantitative estimate of drug-likeness (QED) is 0.666. The maximum absolute atomic E-state index is 10.6. The van der Waals surface area contributed by atoms with Crippen LogP contribution in [0.4, 0.5) is 0 Å². The molecule has 0 fully saturated rings. The van der Waals surface area contributed by atoms with E-state index in [1.807, 2.05) is 54.6 Å². The van der Waals surface area contributed by atoms with Gasteiger partial charge in [-0.3, -0.25) is 0 Å². The van der Waals surface area contributed by atoms with Gasteiger partial charge in [0.25, 0.3) is 0 Å². The number of para-hydroxylation sites is 1. The molecular weight excluding hydrogens is 310 g/mol. The van der Waals surface area contributed by atoms with Crippen molar-refractivity contribution >= 4 is 10.9 Å².